The maximum absolute atomic E-state index is 8.36. The van der Waals surface area contributed by atoms with Gasteiger partial charge >= 0.3 is 0 Å². The van der Waals surface area contributed by atoms with Crippen LogP contribution in [0.4, 0.5) is 0 Å². The highest BCUT2D eigenvalue weighted by Gasteiger charge is 1.89. The molecule has 0 unspecified atom stereocenters. The third-order valence-electron chi connectivity index (χ3n) is 0.994. The topological polar surface area (TPSA) is 81.1 Å². The van der Waals surface area contributed by atoms with E-state index >= 15 is 0 Å². The minimum absolute atomic E-state index is 0.250. The summed E-state index contributed by atoms with van der Waals surface area (Å²) >= 11 is 0. The Hall–Kier alpha value is -1.14. The zero-order chi connectivity index (χ0) is 12.0. The van der Waals surface area contributed by atoms with E-state index < -0.39 is 0 Å². The average molecular weight is 208 g/mol. The van der Waals surface area contributed by atoms with Gasteiger partial charge in [0.15, 0.2) is 0 Å². The summed E-state index contributed by atoms with van der Waals surface area (Å²) in [6.45, 7) is 1.79. The van der Waals surface area contributed by atoms with E-state index in [1.54, 1.807) is 0 Å². The molecule has 0 fully saturated rings. The molecule has 6 nitrogen and oxygen atoms in total. The Balaban J connectivity index is -0.000000168. The maximum atomic E-state index is 8.36. The molecule has 0 aromatic carbocycles. The van der Waals surface area contributed by atoms with Gasteiger partial charge in [-0.25, -0.2) is 0 Å². The fraction of sp³-hybridized carbons (Fsp3) is 0.750. The number of carboxylic acid groups (broad SMARTS) is 2. The number of hydrogen-bond acceptors (Lipinski definition) is 4. The zero-order valence-corrected chi connectivity index (χ0v) is 9.17. The second kappa shape index (κ2) is 17.8. The molecule has 0 saturated carbocycles. The van der Waals surface area contributed by atoms with E-state index in [1.807, 2.05) is 0 Å². The van der Waals surface area contributed by atoms with Crippen LogP contribution >= 0.6 is 0 Å². The molecule has 0 radical (unpaired) electrons. The molecule has 0 aromatic heterocycles. The lowest BCUT2D eigenvalue weighted by molar-refractivity contribution is -0.123. The van der Waals surface area contributed by atoms with Gasteiger partial charge in [-0.15, -0.1) is 0 Å². The van der Waals surface area contributed by atoms with Crippen LogP contribution in [0.25, 0.3) is 0 Å². The Kier molecular flexibility index (Phi) is 23.7. The van der Waals surface area contributed by atoms with Crippen LogP contribution in [-0.4, -0.2) is 74.2 Å². The predicted octanol–water partition coefficient (Wildman–Crippen LogP) is -0.489. The summed E-state index contributed by atoms with van der Waals surface area (Å²) in [6, 6.07) is 0. The Morgan fingerprint density at radius 1 is 0.857 bits per heavy atom. The first kappa shape index (κ1) is 18.6. The Bertz CT molecular complexity index is 104. The van der Waals surface area contributed by atoms with Gasteiger partial charge in [-0.05, 0) is 28.2 Å². The summed E-state index contributed by atoms with van der Waals surface area (Å²) in [6.07, 6.45) is 0. The summed E-state index contributed by atoms with van der Waals surface area (Å²) in [7, 11) is 8.35. The lowest BCUT2D eigenvalue weighted by Crippen LogP contribution is -2.25. The third-order valence-corrected chi connectivity index (χ3v) is 0.994. The van der Waals surface area contributed by atoms with Crippen molar-refractivity contribution in [1.82, 2.24) is 9.80 Å². The first-order chi connectivity index (χ1) is 6.45. The molecule has 0 aliphatic heterocycles. The minimum atomic E-state index is -0.250. The number of rotatable bonds is 3. The molecule has 86 valence electrons. The standard InChI is InChI=1S/C6H16N2.2CH2O2/c1-7(2)5-6-8(3)4;2*2-1-3/h5-6H2,1-4H3;2*1H,(H,2,3). The molecule has 6 heteroatoms. The molecular weight excluding hydrogens is 188 g/mol. The fourth-order valence-electron chi connectivity index (χ4n) is 0.400. The van der Waals surface area contributed by atoms with Crippen LogP contribution in [0.15, 0.2) is 0 Å². The molecule has 0 heterocycles. The van der Waals surface area contributed by atoms with E-state index in [9.17, 15) is 0 Å². The largest absolute Gasteiger partial charge is 0.483 e. The molecule has 14 heavy (non-hydrogen) atoms. The summed E-state index contributed by atoms with van der Waals surface area (Å²) in [4.78, 5) is 21.1. The lowest BCUT2D eigenvalue weighted by Gasteiger charge is -2.13. The van der Waals surface area contributed by atoms with Crippen LogP contribution in [0.2, 0.25) is 0 Å². The highest BCUT2D eigenvalue weighted by atomic mass is 16.3. The van der Waals surface area contributed by atoms with E-state index in [4.69, 9.17) is 19.8 Å². The number of likely N-dealkylation sites (N-methyl/N-ethyl adjacent to an activating group) is 2. The van der Waals surface area contributed by atoms with E-state index in [-0.39, 0.29) is 12.9 Å². The molecule has 0 bridgehead atoms. The molecule has 0 aliphatic carbocycles. The number of nitrogens with zero attached hydrogens (tertiary/aromatic N) is 2. The Morgan fingerprint density at radius 2 is 1.00 bits per heavy atom. The predicted molar refractivity (Wildman–Crippen MR) is 54.5 cm³/mol. The van der Waals surface area contributed by atoms with Gasteiger partial charge in [-0.1, -0.05) is 0 Å². The van der Waals surface area contributed by atoms with Gasteiger partial charge < -0.3 is 20.0 Å². The van der Waals surface area contributed by atoms with Gasteiger partial charge in [-0.3, -0.25) is 9.59 Å². The van der Waals surface area contributed by atoms with E-state index in [0.717, 1.165) is 13.1 Å². The van der Waals surface area contributed by atoms with Gasteiger partial charge in [0.25, 0.3) is 12.9 Å². The van der Waals surface area contributed by atoms with Crippen molar-refractivity contribution in [2.45, 2.75) is 0 Å². The quantitative estimate of drug-likeness (QED) is 0.609. The molecule has 0 spiro atoms. The average Bonchev–Trinajstić information content (AvgIpc) is 2.04. The summed E-state index contributed by atoms with van der Waals surface area (Å²) in [5.41, 5.74) is 0. The first-order valence-corrected chi connectivity index (χ1v) is 3.91. The van der Waals surface area contributed by atoms with Crippen molar-refractivity contribution in [2.24, 2.45) is 0 Å². The van der Waals surface area contributed by atoms with Crippen molar-refractivity contribution in [3.63, 3.8) is 0 Å². The normalized spacial score (nSPS) is 8.14. The van der Waals surface area contributed by atoms with Crippen molar-refractivity contribution in [3.8, 4) is 0 Å². The van der Waals surface area contributed by atoms with Crippen LogP contribution < -0.4 is 0 Å². The molecule has 0 rings (SSSR count). The van der Waals surface area contributed by atoms with Crippen LogP contribution in [0.5, 0.6) is 0 Å². The van der Waals surface area contributed by atoms with Crippen molar-refractivity contribution in [1.29, 1.82) is 0 Å². The lowest BCUT2D eigenvalue weighted by atomic mass is 10.5. The minimum Gasteiger partial charge on any atom is -0.483 e. The van der Waals surface area contributed by atoms with Gasteiger partial charge in [0.2, 0.25) is 0 Å². The second-order valence-electron chi connectivity index (χ2n) is 2.82. The second-order valence-corrected chi connectivity index (χ2v) is 2.82. The number of carbonyl (C=O) groups is 2. The van der Waals surface area contributed by atoms with Crippen molar-refractivity contribution >= 4 is 12.9 Å². The highest BCUT2D eigenvalue weighted by molar-refractivity contribution is 5.32. The smallest absolute Gasteiger partial charge is 0.290 e. The number of hydrogen-bond donors (Lipinski definition) is 2. The third kappa shape index (κ3) is 70.9. The molecule has 0 atom stereocenters. The Labute approximate surface area is 84.7 Å². The molecule has 2 N–H and O–H groups in total. The maximum Gasteiger partial charge on any atom is 0.290 e. The fourth-order valence-corrected chi connectivity index (χ4v) is 0.400. The van der Waals surface area contributed by atoms with Crippen LogP contribution in [0, 0.1) is 0 Å². The molecule has 0 aromatic rings. The van der Waals surface area contributed by atoms with E-state index in [1.165, 1.54) is 0 Å². The van der Waals surface area contributed by atoms with Crippen LogP contribution in [0.3, 0.4) is 0 Å². The van der Waals surface area contributed by atoms with Crippen molar-refractivity contribution in [3.05, 3.63) is 0 Å². The highest BCUT2D eigenvalue weighted by Crippen LogP contribution is 1.76. The molecule has 0 saturated heterocycles. The molecule has 0 amide bonds. The summed E-state index contributed by atoms with van der Waals surface area (Å²) in [5.74, 6) is 0. The van der Waals surface area contributed by atoms with Crippen LogP contribution in [-0.2, 0) is 9.59 Å². The van der Waals surface area contributed by atoms with Gasteiger partial charge in [0, 0.05) is 13.1 Å². The molecule has 0 aliphatic rings. The monoisotopic (exact) mass is 208 g/mol. The van der Waals surface area contributed by atoms with Crippen molar-refractivity contribution < 1.29 is 19.8 Å². The van der Waals surface area contributed by atoms with Gasteiger partial charge in [-0.2, -0.15) is 0 Å². The Morgan fingerprint density at radius 3 is 1.07 bits per heavy atom. The van der Waals surface area contributed by atoms with E-state index in [0.29, 0.717) is 0 Å². The van der Waals surface area contributed by atoms with Gasteiger partial charge in [0.1, 0.15) is 0 Å². The van der Waals surface area contributed by atoms with Crippen molar-refractivity contribution in [2.75, 3.05) is 41.3 Å². The molecular formula is C8H20N2O4. The van der Waals surface area contributed by atoms with Crippen LogP contribution in [0.1, 0.15) is 0 Å². The first-order valence-electron chi connectivity index (χ1n) is 3.91. The SMILES string of the molecule is CN(C)CCN(C)C.O=CO.O=CO. The summed E-state index contributed by atoms with van der Waals surface area (Å²) in [5, 5.41) is 13.8. The zero-order valence-electron chi connectivity index (χ0n) is 9.17. The van der Waals surface area contributed by atoms with E-state index in [2.05, 4.69) is 38.0 Å². The summed E-state index contributed by atoms with van der Waals surface area (Å²) < 4.78 is 0. The van der Waals surface area contributed by atoms with Gasteiger partial charge in [0.05, 0.1) is 0 Å².